The molecule has 0 spiro atoms. The van der Waals surface area contributed by atoms with Crippen LogP contribution < -0.4 is 10.8 Å². The van der Waals surface area contributed by atoms with Crippen molar-refractivity contribution in [3.05, 3.63) is 47.9 Å². The van der Waals surface area contributed by atoms with E-state index in [1.54, 1.807) is 0 Å². The zero-order valence-electron chi connectivity index (χ0n) is 15.0. The molecule has 1 aromatic heterocycles. The minimum Gasteiger partial charge on any atom is -0.508 e. The molecule has 0 radical (unpaired) electrons. The Morgan fingerprint density at radius 1 is 1.15 bits per heavy atom. The first-order valence-corrected chi connectivity index (χ1v) is 8.20. The van der Waals surface area contributed by atoms with E-state index >= 15 is 0 Å². The van der Waals surface area contributed by atoms with Crippen molar-refractivity contribution in [2.24, 2.45) is 0 Å². The first-order valence-electron chi connectivity index (χ1n) is 8.20. The largest absolute Gasteiger partial charge is 0.508 e. The van der Waals surface area contributed by atoms with Crippen LogP contribution in [-0.4, -0.2) is 34.3 Å². The number of pyridine rings is 1. The van der Waals surface area contributed by atoms with Crippen LogP contribution in [0.25, 0.3) is 0 Å². The lowest BCUT2D eigenvalue weighted by Crippen LogP contribution is -2.41. The van der Waals surface area contributed by atoms with Crippen molar-refractivity contribution < 1.29 is 23.6 Å². The summed E-state index contributed by atoms with van der Waals surface area (Å²) in [4.78, 5) is 16.2. The Kier molecular flexibility index (Phi) is 4.50. The predicted molar refractivity (Wildman–Crippen MR) is 96.0 cm³/mol. The molecule has 2 aromatic rings. The quantitative estimate of drug-likeness (QED) is 0.824. The highest BCUT2D eigenvalue weighted by atomic mass is 19.1. The number of amides is 1. The van der Waals surface area contributed by atoms with Crippen LogP contribution in [0.1, 0.15) is 38.1 Å². The molecule has 0 atom stereocenters. The van der Waals surface area contributed by atoms with Crippen LogP contribution in [0.2, 0.25) is 0 Å². The van der Waals surface area contributed by atoms with Crippen LogP contribution >= 0.6 is 0 Å². The van der Waals surface area contributed by atoms with Gasteiger partial charge in [0.25, 0.3) is 5.91 Å². The summed E-state index contributed by atoms with van der Waals surface area (Å²) >= 11 is 0. The maximum Gasteiger partial charge on any atom is 0.497 e. The Bertz CT molecular complexity index is 841. The van der Waals surface area contributed by atoms with Gasteiger partial charge in [0.1, 0.15) is 17.4 Å². The molecular weight excluding hydrogens is 338 g/mol. The second kappa shape index (κ2) is 6.37. The maximum atomic E-state index is 14.6. The van der Waals surface area contributed by atoms with Crippen LogP contribution in [0.3, 0.4) is 0 Å². The number of carbonyl (C=O) groups excluding carboxylic acids is 1. The fourth-order valence-electron chi connectivity index (χ4n) is 2.51. The maximum absolute atomic E-state index is 14.6. The number of nitrogens with zero attached hydrogens (tertiary/aromatic N) is 1. The fraction of sp³-hybridized carbons (Fsp3) is 0.333. The van der Waals surface area contributed by atoms with Crippen molar-refractivity contribution in [2.75, 3.05) is 5.32 Å². The molecule has 1 saturated heterocycles. The molecule has 8 heteroatoms. The molecule has 2 heterocycles. The second-order valence-corrected chi connectivity index (χ2v) is 7.18. The molecule has 1 aromatic carbocycles. The Morgan fingerprint density at radius 3 is 2.38 bits per heavy atom. The lowest BCUT2D eigenvalue weighted by atomic mass is 9.78. The van der Waals surface area contributed by atoms with E-state index in [0.717, 1.165) is 6.07 Å². The summed E-state index contributed by atoms with van der Waals surface area (Å²) in [6, 6.07) is 6.77. The third-order valence-electron chi connectivity index (χ3n) is 4.75. The number of benzene rings is 1. The van der Waals surface area contributed by atoms with Crippen molar-refractivity contribution >= 4 is 24.3 Å². The molecule has 2 N–H and O–H groups in total. The highest BCUT2D eigenvalue weighted by Gasteiger charge is 2.52. The molecule has 0 aliphatic carbocycles. The number of hydrogen-bond acceptors (Lipinski definition) is 5. The number of carbonyl (C=O) groups is 1. The van der Waals surface area contributed by atoms with Gasteiger partial charge in [0, 0.05) is 23.3 Å². The SMILES string of the molecule is CC1(C)OB(c2ccc(C(=O)Nc3cc(O)ccn3)cc2F)OC1(C)C. The van der Waals surface area contributed by atoms with Crippen LogP contribution in [0.5, 0.6) is 5.75 Å². The van der Waals surface area contributed by atoms with E-state index in [9.17, 15) is 14.3 Å². The summed E-state index contributed by atoms with van der Waals surface area (Å²) < 4.78 is 26.3. The lowest BCUT2D eigenvalue weighted by Gasteiger charge is -2.32. The summed E-state index contributed by atoms with van der Waals surface area (Å²) in [6.07, 6.45) is 1.35. The van der Waals surface area contributed by atoms with E-state index in [4.69, 9.17) is 9.31 Å². The summed E-state index contributed by atoms with van der Waals surface area (Å²) in [6.45, 7) is 7.54. The normalized spacial score (nSPS) is 18.0. The third-order valence-corrected chi connectivity index (χ3v) is 4.75. The van der Waals surface area contributed by atoms with Crippen LogP contribution in [0.15, 0.2) is 36.5 Å². The molecule has 1 aliphatic heterocycles. The number of anilines is 1. The van der Waals surface area contributed by atoms with E-state index in [2.05, 4.69) is 10.3 Å². The Morgan fingerprint density at radius 2 is 1.81 bits per heavy atom. The molecule has 26 heavy (non-hydrogen) atoms. The predicted octanol–water partition coefficient (Wildman–Crippen LogP) is 2.48. The Balaban J connectivity index is 1.79. The van der Waals surface area contributed by atoms with Gasteiger partial charge >= 0.3 is 7.12 Å². The molecule has 136 valence electrons. The van der Waals surface area contributed by atoms with E-state index < -0.39 is 30.0 Å². The van der Waals surface area contributed by atoms with Gasteiger partial charge in [0.15, 0.2) is 0 Å². The highest BCUT2D eigenvalue weighted by molar-refractivity contribution is 6.62. The zero-order chi connectivity index (χ0) is 19.1. The molecule has 0 saturated carbocycles. The van der Waals surface area contributed by atoms with E-state index in [-0.39, 0.29) is 22.6 Å². The monoisotopic (exact) mass is 358 g/mol. The molecule has 1 amide bonds. The molecule has 6 nitrogen and oxygen atoms in total. The summed E-state index contributed by atoms with van der Waals surface area (Å²) in [7, 11) is -0.843. The van der Waals surface area contributed by atoms with Gasteiger partial charge in [-0.3, -0.25) is 4.79 Å². The molecule has 1 aliphatic rings. The first kappa shape index (κ1) is 18.3. The molecule has 3 rings (SSSR count). The average Bonchev–Trinajstić information content (AvgIpc) is 2.75. The number of rotatable bonds is 3. The molecule has 0 unspecified atom stereocenters. The smallest absolute Gasteiger partial charge is 0.497 e. The first-order chi connectivity index (χ1) is 12.1. The van der Waals surface area contributed by atoms with Crippen molar-refractivity contribution in [3.8, 4) is 5.75 Å². The zero-order valence-corrected chi connectivity index (χ0v) is 15.0. The topological polar surface area (TPSA) is 80.7 Å². The van der Waals surface area contributed by atoms with Crippen molar-refractivity contribution in [2.45, 2.75) is 38.9 Å². The van der Waals surface area contributed by atoms with Gasteiger partial charge in [0.2, 0.25) is 0 Å². The van der Waals surface area contributed by atoms with Crippen molar-refractivity contribution in [1.29, 1.82) is 0 Å². The second-order valence-electron chi connectivity index (χ2n) is 7.18. The summed E-state index contributed by atoms with van der Waals surface area (Å²) in [5, 5.41) is 11.9. The number of aromatic hydroxyl groups is 1. The number of nitrogens with one attached hydrogen (secondary N) is 1. The lowest BCUT2D eigenvalue weighted by molar-refractivity contribution is 0.00578. The Labute approximate surface area is 151 Å². The fourth-order valence-corrected chi connectivity index (χ4v) is 2.51. The van der Waals surface area contributed by atoms with Crippen molar-refractivity contribution in [1.82, 2.24) is 4.98 Å². The van der Waals surface area contributed by atoms with Gasteiger partial charge in [-0.15, -0.1) is 0 Å². The van der Waals surface area contributed by atoms with Gasteiger partial charge in [-0.2, -0.15) is 0 Å². The third kappa shape index (κ3) is 3.43. The number of halogens is 1. The van der Waals surface area contributed by atoms with Gasteiger partial charge in [0.05, 0.1) is 11.2 Å². The number of hydrogen-bond donors (Lipinski definition) is 2. The van der Waals surface area contributed by atoms with E-state index in [1.807, 2.05) is 27.7 Å². The van der Waals surface area contributed by atoms with Crippen LogP contribution in [-0.2, 0) is 9.31 Å². The van der Waals surface area contributed by atoms with Gasteiger partial charge in [-0.1, -0.05) is 6.07 Å². The van der Waals surface area contributed by atoms with Crippen LogP contribution in [0, 0.1) is 5.82 Å². The summed E-state index contributed by atoms with van der Waals surface area (Å²) in [5.41, 5.74) is -0.814. The standard InChI is InChI=1S/C18H20BFN2O4/c1-17(2)18(3,4)26-19(25-17)13-6-5-11(9-14(13)20)16(24)22-15-10-12(23)7-8-21-15/h5-10H,1-4H3,(H2,21,22,23,24). The average molecular weight is 358 g/mol. The summed E-state index contributed by atoms with van der Waals surface area (Å²) in [5.74, 6) is -0.995. The minimum absolute atomic E-state index is 0.0300. The van der Waals surface area contributed by atoms with Crippen molar-refractivity contribution in [3.63, 3.8) is 0 Å². The van der Waals surface area contributed by atoms with E-state index in [0.29, 0.717) is 0 Å². The van der Waals surface area contributed by atoms with Gasteiger partial charge in [-0.05, 0) is 45.9 Å². The molecule has 0 bridgehead atoms. The number of aromatic nitrogens is 1. The van der Waals surface area contributed by atoms with Gasteiger partial charge in [-0.25, -0.2) is 9.37 Å². The highest BCUT2D eigenvalue weighted by Crippen LogP contribution is 2.36. The molecule has 1 fully saturated rings. The van der Waals surface area contributed by atoms with E-state index in [1.165, 1.54) is 30.5 Å². The molecular formula is C18H20BFN2O4. The van der Waals surface area contributed by atoms with Crippen LogP contribution in [0.4, 0.5) is 10.2 Å². The Hall–Kier alpha value is -2.45. The van der Waals surface area contributed by atoms with Gasteiger partial charge < -0.3 is 19.7 Å². The minimum atomic E-state index is -0.843.